The first-order valence-corrected chi connectivity index (χ1v) is 9.78. The number of nitrogens with zero attached hydrogens (tertiary/aromatic N) is 3. The van der Waals surface area contributed by atoms with Crippen LogP contribution in [0, 0.1) is 13.8 Å². The number of hydrogen-bond donors (Lipinski definition) is 0. The zero-order valence-electron chi connectivity index (χ0n) is 14.2. The predicted octanol–water partition coefficient (Wildman–Crippen LogP) is 2.84. The Hall–Kier alpha value is -1.60. The summed E-state index contributed by atoms with van der Waals surface area (Å²) in [6.45, 7) is 8.65. The number of carbonyl (C=O) groups excluding carboxylic acids is 2. The first-order valence-electron chi connectivity index (χ1n) is 7.98. The van der Waals surface area contributed by atoms with Gasteiger partial charge in [-0.25, -0.2) is 4.98 Å². The Morgan fingerprint density at radius 3 is 2.46 bits per heavy atom. The van der Waals surface area contributed by atoms with Gasteiger partial charge in [0, 0.05) is 33.1 Å². The number of anilines is 1. The van der Waals surface area contributed by atoms with Gasteiger partial charge < -0.3 is 9.80 Å². The van der Waals surface area contributed by atoms with Crippen molar-refractivity contribution in [2.45, 2.75) is 20.8 Å². The third kappa shape index (κ3) is 3.57. The second-order valence-corrected chi connectivity index (χ2v) is 8.15. The number of thiazole rings is 1. The molecule has 0 radical (unpaired) electrons. The lowest BCUT2D eigenvalue weighted by Gasteiger charge is -2.34. The van der Waals surface area contributed by atoms with Crippen LogP contribution in [0.5, 0.6) is 0 Å². The van der Waals surface area contributed by atoms with Gasteiger partial charge in [-0.15, -0.1) is 0 Å². The number of aromatic nitrogens is 1. The van der Waals surface area contributed by atoms with E-state index < -0.39 is 0 Å². The van der Waals surface area contributed by atoms with E-state index in [2.05, 4.69) is 30.9 Å². The molecular formula is C17H21N3O2S2. The Bertz CT molecular complexity index is 740. The number of benzene rings is 1. The fourth-order valence-electron chi connectivity index (χ4n) is 2.79. The molecule has 1 fully saturated rings. The van der Waals surface area contributed by atoms with Crippen molar-refractivity contribution >= 4 is 49.5 Å². The highest BCUT2D eigenvalue weighted by molar-refractivity contribution is 8.14. The van der Waals surface area contributed by atoms with Crippen molar-refractivity contribution < 1.29 is 9.59 Å². The highest BCUT2D eigenvalue weighted by Crippen LogP contribution is 2.33. The van der Waals surface area contributed by atoms with Crippen LogP contribution >= 0.6 is 23.1 Å². The highest BCUT2D eigenvalue weighted by atomic mass is 32.2. The molecule has 2 aromatic rings. The van der Waals surface area contributed by atoms with E-state index in [1.165, 1.54) is 22.8 Å². The number of hydrogen-bond acceptors (Lipinski definition) is 6. The zero-order valence-corrected chi connectivity index (χ0v) is 15.8. The molecule has 0 N–H and O–H groups in total. The van der Waals surface area contributed by atoms with Crippen LogP contribution in [-0.4, -0.2) is 52.8 Å². The molecule has 1 aromatic heterocycles. The van der Waals surface area contributed by atoms with Gasteiger partial charge in [0.15, 0.2) is 10.2 Å². The Kier molecular flexibility index (Phi) is 5.10. The van der Waals surface area contributed by atoms with E-state index in [1.54, 1.807) is 11.3 Å². The van der Waals surface area contributed by atoms with E-state index in [0.29, 0.717) is 13.1 Å². The van der Waals surface area contributed by atoms with Gasteiger partial charge >= 0.3 is 0 Å². The van der Waals surface area contributed by atoms with Gasteiger partial charge in [0.2, 0.25) is 5.91 Å². The average molecular weight is 364 g/mol. The SMILES string of the molecule is CC(=O)SCC(=O)N1CCN(c2nc3c(C)ccc(C)c3s2)CC1. The normalized spacial score (nSPS) is 15.1. The Labute approximate surface area is 150 Å². The van der Waals surface area contributed by atoms with Crippen LogP contribution in [0.4, 0.5) is 5.13 Å². The monoisotopic (exact) mass is 363 g/mol. The highest BCUT2D eigenvalue weighted by Gasteiger charge is 2.23. The summed E-state index contributed by atoms with van der Waals surface area (Å²) >= 11 is 2.81. The number of amides is 1. The van der Waals surface area contributed by atoms with Crippen LogP contribution in [0.2, 0.25) is 0 Å². The summed E-state index contributed by atoms with van der Waals surface area (Å²) in [7, 11) is 0. The van der Waals surface area contributed by atoms with Gasteiger partial charge in [0.05, 0.1) is 16.0 Å². The lowest BCUT2D eigenvalue weighted by molar-refractivity contribution is -0.128. The molecule has 5 nitrogen and oxygen atoms in total. The minimum Gasteiger partial charge on any atom is -0.345 e. The molecule has 1 saturated heterocycles. The van der Waals surface area contributed by atoms with Crippen molar-refractivity contribution in [2.24, 2.45) is 0 Å². The molecule has 2 heterocycles. The molecule has 7 heteroatoms. The molecule has 1 aromatic carbocycles. The van der Waals surface area contributed by atoms with Gasteiger partial charge in [-0.2, -0.15) is 0 Å². The van der Waals surface area contributed by atoms with Crippen molar-refractivity contribution in [3.8, 4) is 0 Å². The molecule has 0 atom stereocenters. The quantitative estimate of drug-likeness (QED) is 0.839. The molecule has 0 aliphatic carbocycles. The van der Waals surface area contributed by atoms with Crippen LogP contribution < -0.4 is 4.90 Å². The van der Waals surface area contributed by atoms with Crippen molar-refractivity contribution in [3.05, 3.63) is 23.3 Å². The number of rotatable bonds is 3. The Morgan fingerprint density at radius 1 is 1.17 bits per heavy atom. The first kappa shape index (κ1) is 17.2. The second kappa shape index (κ2) is 7.11. The van der Waals surface area contributed by atoms with E-state index in [1.807, 2.05) is 4.90 Å². The number of carbonyl (C=O) groups is 2. The van der Waals surface area contributed by atoms with Crippen LogP contribution in [0.15, 0.2) is 12.1 Å². The standard InChI is InChI=1S/C17H21N3O2S2/c1-11-4-5-12(2)16-15(11)18-17(24-16)20-8-6-19(7-9-20)14(22)10-23-13(3)21/h4-5H,6-10H2,1-3H3. The molecule has 1 aliphatic rings. The Balaban J connectivity index is 1.67. The smallest absolute Gasteiger partial charge is 0.233 e. The minimum absolute atomic E-state index is 0.0119. The fraction of sp³-hybridized carbons (Fsp3) is 0.471. The lowest BCUT2D eigenvalue weighted by Crippen LogP contribution is -2.49. The zero-order chi connectivity index (χ0) is 17.3. The molecule has 0 unspecified atom stereocenters. The topological polar surface area (TPSA) is 53.5 Å². The van der Waals surface area contributed by atoms with Crippen molar-refractivity contribution in [3.63, 3.8) is 0 Å². The van der Waals surface area contributed by atoms with Crippen molar-refractivity contribution in [1.29, 1.82) is 0 Å². The first-order chi connectivity index (χ1) is 11.5. The number of piperazine rings is 1. The molecule has 1 aliphatic heterocycles. The molecule has 128 valence electrons. The molecule has 0 saturated carbocycles. The number of fused-ring (bicyclic) bond motifs is 1. The maximum absolute atomic E-state index is 12.1. The molecular weight excluding hydrogens is 342 g/mol. The second-order valence-electron chi connectivity index (χ2n) is 6.02. The van der Waals surface area contributed by atoms with Crippen LogP contribution in [0.25, 0.3) is 10.2 Å². The summed E-state index contributed by atoms with van der Waals surface area (Å²) < 4.78 is 1.25. The van der Waals surface area contributed by atoms with Crippen LogP contribution in [0.1, 0.15) is 18.1 Å². The van der Waals surface area contributed by atoms with E-state index in [4.69, 9.17) is 4.98 Å². The van der Waals surface area contributed by atoms with E-state index in [9.17, 15) is 9.59 Å². The molecule has 0 bridgehead atoms. The predicted molar refractivity (Wildman–Crippen MR) is 101 cm³/mol. The number of thioether (sulfide) groups is 1. The van der Waals surface area contributed by atoms with Gasteiger partial charge in [-0.3, -0.25) is 9.59 Å². The average Bonchev–Trinajstić information content (AvgIpc) is 3.03. The maximum atomic E-state index is 12.1. The molecule has 0 spiro atoms. The largest absolute Gasteiger partial charge is 0.345 e. The summed E-state index contributed by atoms with van der Waals surface area (Å²) in [6.07, 6.45) is 0. The van der Waals surface area contributed by atoms with Gasteiger partial charge in [-0.05, 0) is 25.0 Å². The van der Waals surface area contributed by atoms with Crippen LogP contribution in [-0.2, 0) is 9.59 Å². The summed E-state index contributed by atoms with van der Waals surface area (Å²) in [5.74, 6) is 0.292. The van der Waals surface area contributed by atoms with E-state index >= 15 is 0 Å². The van der Waals surface area contributed by atoms with Gasteiger partial charge in [0.1, 0.15) is 0 Å². The molecule has 24 heavy (non-hydrogen) atoms. The summed E-state index contributed by atoms with van der Waals surface area (Å²) in [6, 6.07) is 4.26. The number of aryl methyl sites for hydroxylation is 2. The van der Waals surface area contributed by atoms with Gasteiger partial charge in [0.25, 0.3) is 0 Å². The molecule has 3 rings (SSSR count). The third-order valence-electron chi connectivity index (χ3n) is 4.23. The van der Waals surface area contributed by atoms with Crippen LogP contribution in [0.3, 0.4) is 0 Å². The van der Waals surface area contributed by atoms with Gasteiger partial charge in [-0.1, -0.05) is 35.2 Å². The Morgan fingerprint density at radius 2 is 1.83 bits per heavy atom. The van der Waals surface area contributed by atoms with E-state index in [-0.39, 0.29) is 16.8 Å². The van der Waals surface area contributed by atoms with Crippen molar-refractivity contribution in [1.82, 2.24) is 9.88 Å². The summed E-state index contributed by atoms with van der Waals surface area (Å²) in [5, 5.41) is 1.02. The summed E-state index contributed by atoms with van der Waals surface area (Å²) in [5.41, 5.74) is 3.55. The lowest BCUT2D eigenvalue weighted by atomic mass is 10.1. The third-order valence-corrected chi connectivity index (χ3v) is 6.28. The molecule has 1 amide bonds. The van der Waals surface area contributed by atoms with Crippen molar-refractivity contribution in [2.75, 3.05) is 36.8 Å². The minimum atomic E-state index is -0.0119. The maximum Gasteiger partial charge on any atom is 0.233 e. The van der Waals surface area contributed by atoms with E-state index in [0.717, 1.165) is 35.5 Å². The fourth-order valence-corrected chi connectivity index (χ4v) is 4.46. The summed E-state index contributed by atoms with van der Waals surface area (Å²) in [4.78, 5) is 32.0.